The number of nitrogens with zero attached hydrogens (tertiary/aromatic N) is 1. The van der Waals surface area contributed by atoms with E-state index >= 15 is 0 Å². The summed E-state index contributed by atoms with van der Waals surface area (Å²) < 4.78 is 98.3. The lowest BCUT2D eigenvalue weighted by Gasteiger charge is -2.12. The molecule has 6 nitrogen and oxygen atoms in total. The van der Waals surface area contributed by atoms with Crippen LogP contribution in [0.1, 0.15) is 31.2 Å². The number of carbonyl (C=O) groups excluding carboxylic acids is 2. The summed E-state index contributed by atoms with van der Waals surface area (Å²) >= 11 is 3.73. The molecule has 0 atom stereocenters. The van der Waals surface area contributed by atoms with Crippen LogP contribution >= 0.6 is 27.3 Å². The van der Waals surface area contributed by atoms with E-state index in [0.29, 0.717) is 27.9 Å². The zero-order valence-electron chi connectivity index (χ0n) is 19.2. The van der Waals surface area contributed by atoms with Gasteiger partial charge in [0.05, 0.1) is 23.9 Å². The molecule has 2 N–H and O–H groups in total. The van der Waals surface area contributed by atoms with Crippen molar-refractivity contribution < 1.29 is 45.1 Å². The lowest BCUT2D eigenvalue weighted by Crippen LogP contribution is -2.18. The number of amides is 2. The third kappa shape index (κ3) is 5.98. The van der Waals surface area contributed by atoms with E-state index in [-0.39, 0.29) is 32.1 Å². The Hall–Kier alpha value is -3.72. The number of nitrogens with one attached hydrogen (secondary N) is 2. The first-order valence-corrected chi connectivity index (χ1v) is 12.1. The maximum atomic E-state index is 13.7. The van der Waals surface area contributed by atoms with Crippen LogP contribution in [0.4, 0.5) is 42.1 Å². The first kappa shape index (κ1) is 28.3. The van der Waals surface area contributed by atoms with Gasteiger partial charge in [-0.15, -0.1) is 11.3 Å². The van der Waals surface area contributed by atoms with Gasteiger partial charge >= 0.3 is 12.4 Å². The van der Waals surface area contributed by atoms with Crippen LogP contribution in [-0.4, -0.2) is 23.9 Å². The second-order valence-corrected chi connectivity index (χ2v) is 9.79. The number of hydrogen-bond acceptors (Lipinski definition) is 5. The number of fused-ring (bicyclic) bond motifs is 1. The number of halogens is 8. The second kappa shape index (κ2) is 10.4. The van der Waals surface area contributed by atoms with Crippen LogP contribution in [0.15, 0.2) is 53.1 Å². The van der Waals surface area contributed by atoms with E-state index in [2.05, 4.69) is 31.5 Å². The summed E-state index contributed by atoms with van der Waals surface area (Å²) in [4.78, 5) is 29.9. The summed E-state index contributed by atoms with van der Waals surface area (Å²) in [6, 6.07) is 5.70. The third-order valence-electron chi connectivity index (χ3n) is 5.25. The monoisotopic (exact) mass is 635 g/mol. The molecule has 2 heterocycles. The molecule has 0 fully saturated rings. The fourth-order valence-electron chi connectivity index (χ4n) is 3.50. The molecule has 204 valence electrons. The van der Waals surface area contributed by atoms with Gasteiger partial charge in [-0.2, -0.15) is 26.3 Å². The van der Waals surface area contributed by atoms with Gasteiger partial charge < -0.3 is 15.4 Å². The standard InChI is InChI=1S/C24H13BrF7N3O3S/c1-38-22-14(7-11(25)9-33-22)20(36)35-18-13-4-2-10(23(27,28)29)6-17(13)39-19(18)21(37)34-12-3-5-16(26)15(8-12)24(30,31)32/h2-9H,1H3,(H,34,37)(H,35,36). The van der Waals surface area contributed by atoms with Crippen LogP contribution in [0.25, 0.3) is 10.1 Å². The van der Waals surface area contributed by atoms with Crippen molar-refractivity contribution in [2.45, 2.75) is 12.4 Å². The molecule has 2 aromatic carbocycles. The molecule has 2 aromatic heterocycles. The normalized spacial score (nSPS) is 11.9. The zero-order chi connectivity index (χ0) is 28.7. The predicted octanol–water partition coefficient (Wildman–Crippen LogP) is 7.75. The quantitative estimate of drug-likeness (QED) is 0.220. The third-order valence-corrected chi connectivity index (χ3v) is 6.83. The minimum atomic E-state index is -5.05. The fourth-order valence-corrected chi connectivity index (χ4v) is 4.92. The number of benzene rings is 2. The van der Waals surface area contributed by atoms with E-state index in [1.54, 1.807) is 0 Å². The van der Waals surface area contributed by atoms with Crippen molar-refractivity contribution in [1.29, 1.82) is 0 Å². The largest absolute Gasteiger partial charge is 0.480 e. The highest BCUT2D eigenvalue weighted by atomic mass is 79.9. The van der Waals surface area contributed by atoms with Crippen LogP contribution in [-0.2, 0) is 12.4 Å². The highest BCUT2D eigenvalue weighted by molar-refractivity contribution is 9.10. The maximum absolute atomic E-state index is 13.7. The Labute approximate surface area is 226 Å². The van der Waals surface area contributed by atoms with Gasteiger partial charge in [-0.05, 0) is 52.3 Å². The molecule has 0 saturated carbocycles. The van der Waals surface area contributed by atoms with Crippen LogP contribution in [0, 0.1) is 5.82 Å². The molecular weight excluding hydrogens is 623 g/mol. The van der Waals surface area contributed by atoms with Crippen molar-refractivity contribution in [1.82, 2.24) is 4.98 Å². The maximum Gasteiger partial charge on any atom is 0.419 e. The Morgan fingerprint density at radius 3 is 2.31 bits per heavy atom. The van der Waals surface area contributed by atoms with Crippen LogP contribution < -0.4 is 15.4 Å². The molecule has 4 rings (SSSR count). The summed E-state index contributed by atoms with van der Waals surface area (Å²) in [7, 11) is 1.25. The van der Waals surface area contributed by atoms with Gasteiger partial charge in [0.15, 0.2) is 0 Å². The highest BCUT2D eigenvalue weighted by Crippen LogP contribution is 2.41. The van der Waals surface area contributed by atoms with E-state index in [0.717, 1.165) is 24.3 Å². The number of rotatable bonds is 5. The van der Waals surface area contributed by atoms with Gasteiger partial charge in [-0.3, -0.25) is 9.59 Å². The second-order valence-electron chi connectivity index (χ2n) is 7.83. The topological polar surface area (TPSA) is 80.3 Å². The molecule has 0 spiro atoms. The summed E-state index contributed by atoms with van der Waals surface area (Å²) in [5, 5.41) is 4.70. The average Bonchev–Trinajstić information content (AvgIpc) is 3.21. The minimum Gasteiger partial charge on any atom is -0.480 e. The van der Waals surface area contributed by atoms with Crippen molar-refractivity contribution >= 4 is 60.5 Å². The zero-order valence-corrected chi connectivity index (χ0v) is 21.6. The van der Waals surface area contributed by atoms with Crippen LogP contribution in [0.5, 0.6) is 5.88 Å². The summed E-state index contributed by atoms with van der Waals surface area (Å²) in [6.45, 7) is 0. The average molecular weight is 636 g/mol. The highest BCUT2D eigenvalue weighted by Gasteiger charge is 2.35. The molecule has 0 aliphatic rings. The number of methoxy groups -OCH3 is 1. The Balaban J connectivity index is 1.79. The van der Waals surface area contributed by atoms with Crippen molar-refractivity contribution in [2.75, 3.05) is 17.7 Å². The van der Waals surface area contributed by atoms with Crippen molar-refractivity contribution in [3.63, 3.8) is 0 Å². The molecule has 0 aliphatic heterocycles. The molecule has 0 aliphatic carbocycles. The molecule has 15 heteroatoms. The number of anilines is 2. The number of pyridine rings is 1. The minimum absolute atomic E-state index is 0.0420. The first-order valence-electron chi connectivity index (χ1n) is 10.5. The Kier molecular flexibility index (Phi) is 7.58. The van der Waals surface area contributed by atoms with Crippen LogP contribution in [0.3, 0.4) is 0 Å². The number of alkyl halides is 6. The number of hydrogen-bond donors (Lipinski definition) is 2. The van der Waals surface area contributed by atoms with E-state index in [9.17, 15) is 40.3 Å². The summed E-state index contributed by atoms with van der Waals surface area (Å²) in [6.07, 6.45) is -8.40. The summed E-state index contributed by atoms with van der Waals surface area (Å²) in [5.74, 6) is -3.55. The summed E-state index contributed by atoms with van der Waals surface area (Å²) in [5.41, 5.74) is -3.37. The van der Waals surface area contributed by atoms with E-state index in [1.165, 1.54) is 19.4 Å². The molecule has 2 amide bonds. The molecule has 0 saturated heterocycles. The lowest BCUT2D eigenvalue weighted by molar-refractivity contribution is -0.140. The number of aromatic nitrogens is 1. The van der Waals surface area contributed by atoms with E-state index < -0.39 is 46.8 Å². The number of thiophene rings is 1. The fraction of sp³-hybridized carbons (Fsp3) is 0.125. The van der Waals surface area contributed by atoms with Crippen molar-refractivity contribution in [2.24, 2.45) is 0 Å². The molecule has 39 heavy (non-hydrogen) atoms. The SMILES string of the molecule is COc1ncc(Br)cc1C(=O)Nc1c(C(=O)Nc2ccc(F)c(C(F)(F)F)c2)sc2cc(C(F)(F)F)ccc12. The van der Waals surface area contributed by atoms with Crippen LogP contribution in [0.2, 0.25) is 0 Å². The smallest absolute Gasteiger partial charge is 0.419 e. The van der Waals surface area contributed by atoms with E-state index in [1.807, 2.05) is 0 Å². The predicted molar refractivity (Wildman–Crippen MR) is 133 cm³/mol. The lowest BCUT2D eigenvalue weighted by atomic mass is 10.1. The van der Waals surface area contributed by atoms with Gasteiger partial charge in [-0.25, -0.2) is 9.37 Å². The number of carbonyl (C=O) groups is 2. The molecule has 0 unspecified atom stereocenters. The van der Waals surface area contributed by atoms with Crippen molar-refractivity contribution in [3.8, 4) is 5.88 Å². The molecular formula is C24H13BrF7N3O3S. The van der Waals surface area contributed by atoms with E-state index in [4.69, 9.17) is 4.74 Å². The molecule has 0 radical (unpaired) electrons. The molecule has 4 aromatic rings. The Morgan fingerprint density at radius 2 is 1.67 bits per heavy atom. The van der Waals surface area contributed by atoms with Gasteiger partial charge in [0.2, 0.25) is 5.88 Å². The van der Waals surface area contributed by atoms with Gasteiger partial charge in [-0.1, -0.05) is 6.07 Å². The molecule has 0 bridgehead atoms. The Morgan fingerprint density at radius 1 is 0.949 bits per heavy atom. The Bertz CT molecular complexity index is 1600. The number of ether oxygens (including phenoxy) is 1. The van der Waals surface area contributed by atoms with Gasteiger partial charge in [0.1, 0.15) is 16.3 Å². The van der Waals surface area contributed by atoms with Gasteiger partial charge in [0, 0.05) is 26.4 Å². The first-order chi connectivity index (χ1) is 18.2. The van der Waals surface area contributed by atoms with Crippen molar-refractivity contribution in [3.05, 3.63) is 80.5 Å². The van der Waals surface area contributed by atoms with Gasteiger partial charge in [0.25, 0.3) is 11.8 Å².